The van der Waals surface area contributed by atoms with Crippen molar-refractivity contribution < 1.29 is 4.79 Å². The van der Waals surface area contributed by atoms with E-state index in [0.717, 1.165) is 10.6 Å². The highest BCUT2D eigenvalue weighted by Crippen LogP contribution is 2.27. The molecular weight excluding hydrogens is 336 g/mol. The highest BCUT2D eigenvalue weighted by molar-refractivity contribution is 7.98. The van der Waals surface area contributed by atoms with Crippen LogP contribution in [0.3, 0.4) is 0 Å². The van der Waals surface area contributed by atoms with E-state index >= 15 is 0 Å². The van der Waals surface area contributed by atoms with Crippen LogP contribution < -0.4 is 11.1 Å². The van der Waals surface area contributed by atoms with Crippen molar-refractivity contribution in [3.05, 3.63) is 52.2 Å². The number of hydrogen-bond donors (Lipinski definition) is 2. The number of nitrogens with one attached hydrogen (secondary N) is 1. The maximum atomic E-state index is 12.3. The van der Waals surface area contributed by atoms with Crippen LogP contribution in [0.1, 0.15) is 29.1 Å². The summed E-state index contributed by atoms with van der Waals surface area (Å²) in [6, 6.07) is 11.8. The molecule has 0 unspecified atom stereocenters. The van der Waals surface area contributed by atoms with Crippen molar-refractivity contribution >= 4 is 41.4 Å². The fraction of sp³-hybridized carbons (Fsp3) is 0.312. The Morgan fingerprint density at radius 1 is 1.27 bits per heavy atom. The Balaban J connectivity index is 0.00000242. The van der Waals surface area contributed by atoms with Gasteiger partial charge in [-0.15, -0.1) is 35.5 Å². The Morgan fingerprint density at radius 2 is 2.00 bits per heavy atom. The molecule has 0 radical (unpaired) electrons. The largest absolute Gasteiger partial charge is 0.350 e. The summed E-state index contributed by atoms with van der Waals surface area (Å²) in [7, 11) is 0. The van der Waals surface area contributed by atoms with Crippen LogP contribution >= 0.6 is 35.5 Å². The number of carbonyl (C=O) groups is 1. The Labute approximate surface area is 146 Å². The molecule has 1 heterocycles. The second kappa shape index (κ2) is 8.58. The van der Waals surface area contributed by atoms with Gasteiger partial charge in [0.25, 0.3) is 5.91 Å². The van der Waals surface area contributed by atoms with Crippen molar-refractivity contribution in [1.29, 1.82) is 0 Å². The second-order valence-electron chi connectivity index (χ2n) is 5.54. The number of carbonyl (C=O) groups excluding carboxylic acids is 1. The zero-order valence-electron chi connectivity index (χ0n) is 12.7. The van der Waals surface area contributed by atoms with Gasteiger partial charge in [-0.2, -0.15) is 0 Å². The lowest BCUT2D eigenvalue weighted by Gasteiger charge is -2.19. The molecule has 0 aliphatic carbocycles. The van der Waals surface area contributed by atoms with Crippen LogP contribution in [0.15, 0.2) is 46.7 Å². The minimum Gasteiger partial charge on any atom is -0.350 e. The number of thioether (sulfide) groups is 1. The summed E-state index contributed by atoms with van der Waals surface area (Å²) in [6.45, 7) is 4.24. The first-order valence-corrected chi connectivity index (χ1v) is 8.63. The van der Waals surface area contributed by atoms with Crippen LogP contribution in [0.25, 0.3) is 0 Å². The van der Waals surface area contributed by atoms with Gasteiger partial charge in [-0.25, -0.2) is 0 Å². The van der Waals surface area contributed by atoms with Gasteiger partial charge in [0.1, 0.15) is 0 Å². The molecule has 2 rings (SSSR count). The fourth-order valence-electron chi connectivity index (χ4n) is 1.73. The number of benzene rings is 1. The van der Waals surface area contributed by atoms with Crippen LogP contribution in [0.2, 0.25) is 0 Å². The van der Waals surface area contributed by atoms with Gasteiger partial charge in [-0.3, -0.25) is 4.79 Å². The second-order valence-corrected chi connectivity index (χ2v) is 7.58. The summed E-state index contributed by atoms with van der Waals surface area (Å²) in [4.78, 5) is 14.6. The third-order valence-corrected chi connectivity index (χ3v) is 4.97. The maximum absolute atomic E-state index is 12.3. The monoisotopic (exact) mass is 356 g/mol. The molecule has 0 aliphatic heterocycles. The first-order chi connectivity index (χ1) is 9.96. The molecule has 0 atom stereocenters. The summed E-state index contributed by atoms with van der Waals surface area (Å²) in [5.74, 6) is 0.812. The van der Waals surface area contributed by atoms with Gasteiger partial charge in [0.2, 0.25) is 0 Å². The summed E-state index contributed by atoms with van der Waals surface area (Å²) < 4.78 is 0. The molecule has 0 aliphatic rings. The molecule has 2 aromatic rings. The van der Waals surface area contributed by atoms with Gasteiger partial charge in [0.05, 0.1) is 5.56 Å². The number of amides is 1. The van der Waals surface area contributed by atoms with Crippen molar-refractivity contribution in [2.45, 2.75) is 30.0 Å². The Kier molecular flexibility index (Phi) is 7.42. The number of thiophene rings is 1. The Morgan fingerprint density at radius 3 is 2.64 bits per heavy atom. The SMILES string of the molecule is CC(C)(N)CNC(=O)c1ccccc1SCc1cccs1.Cl. The lowest BCUT2D eigenvalue weighted by atomic mass is 10.1. The van der Waals surface area contributed by atoms with E-state index in [1.807, 2.05) is 44.2 Å². The molecule has 120 valence electrons. The minimum absolute atomic E-state index is 0. The van der Waals surface area contributed by atoms with Crippen molar-refractivity contribution in [3.63, 3.8) is 0 Å². The molecule has 0 fully saturated rings. The first-order valence-electron chi connectivity index (χ1n) is 6.77. The predicted octanol–water partition coefficient (Wildman–Crippen LogP) is 3.93. The maximum Gasteiger partial charge on any atom is 0.252 e. The van der Waals surface area contributed by atoms with Crippen molar-refractivity contribution in [3.8, 4) is 0 Å². The topological polar surface area (TPSA) is 55.1 Å². The normalized spacial score (nSPS) is 10.9. The molecule has 22 heavy (non-hydrogen) atoms. The zero-order valence-corrected chi connectivity index (χ0v) is 15.1. The molecule has 1 amide bonds. The van der Waals surface area contributed by atoms with E-state index in [0.29, 0.717) is 12.1 Å². The van der Waals surface area contributed by atoms with Gasteiger partial charge >= 0.3 is 0 Å². The average molecular weight is 357 g/mol. The molecule has 1 aromatic heterocycles. The molecular formula is C16H21ClN2OS2. The third kappa shape index (κ3) is 6.01. The van der Waals surface area contributed by atoms with Gasteiger partial charge in [-0.05, 0) is 37.4 Å². The number of rotatable bonds is 6. The minimum atomic E-state index is -0.408. The molecule has 0 saturated carbocycles. The smallest absolute Gasteiger partial charge is 0.252 e. The summed E-state index contributed by atoms with van der Waals surface area (Å²) in [5.41, 5.74) is 6.21. The number of halogens is 1. The van der Waals surface area contributed by atoms with Crippen LogP contribution in [0.4, 0.5) is 0 Å². The molecule has 3 N–H and O–H groups in total. The van der Waals surface area contributed by atoms with E-state index in [2.05, 4.69) is 16.8 Å². The molecule has 1 aromatic carbocycles. The van der Waals surface area contributed by atoms with Crippen LogP contribution in [-0.2, 0) is 5.75 Å². The van der Waals surface area contributed by atoms with Crippen LogP contribution in [0, 0.1) is 0 Å². The summed E-state index contributed by atoms with van der Waals surface area (Å²) in [6.07, 6.45) is 0. The van der Waals surface area contributed by atoms with Crippen molar-refractivity contribution in [1.82, 2.24) is 5.32 Å². The quantitative estimate of drug-likeness (QED) is 0.771. The third-order valence-electron chi connectivity index (χ3n) is 2.79. The van der Waals surface area contributed by atoms with E-state index in [-0.39, 0.29) is 18.3 Å². The molecule has 0 bridgehead atoms. The average Bonchev–Trinajstić information content (AvgIpc) is 2.95. The van der Waals surface area contributed by atoms with Gasteiger partial charge < -0.3 is 11.1 Å². The molecule has 3 nitrogen and oxygen atoms in total. The van der Waals surface area contributed by atoms with Gasteiger partial charge in [0.15, 0.2) is 0 Å². The molecule has 0 saturated heterocycles. The van der Waals surface area contributed by atoms with E-state index in [1.54, 1.807) is 23.1 Å². The summed E-state index contributed by atoms with van der Waals surface area (Å²) >= 11 is 3.42. The molecule has 0 spiro atoms. The lowest BCUT2D eigenvalue weighted by molar-refractivity contribution is 0.0943. The first kappa shape index (κ1) is 19.0. The fourth-order valence-corrected chi connectivity index (χ4v) is 3.55. The molecule has 6 heteroatoms. The highest BCUT2D eigenvalue weighted by Gasteiger charge is 2.15. The van der Waals surface area contributed by atoms with Gasteiger partial charge in [-0.1, -0.05) is 18.2 Å². The summed E-state index contributed by atoms with van der Waals surface area (Å²) in [5, 5.41) is 4.97. The Bertz CT molecular complexity index is 594. The van der Waals surface area contributed by atoms with E-state index in [4.69, 9.17) is 5.73 Å². The lowest BCUT2D eigenvalue weighted by Crippen LogP contribution is -2.45. The Hall–Kier alpha value is -1.01. The number of hydrogen-bond acceptors (Lipinski definition) is 4. The van der Waals surface area contributed by atoms with E-state index in [1.165, 1.54) is 4.88 Å². The highest BCUT2D eigenvalue weighted by atomic mass is 35.5. The van der Waals surface area contributed by atoms with Crippen LogP contribution in [-0.4, -0.2) is 18.0 Å². The van der Waals surface area contributed by atoms with E-state index < -0.39 is 5.54 Å². The van der Waals surface area contributed by atoms with Gasteiger partial charge in [0, 0.05) is 27.6 Å². The standard InChI is InChI=1S/C16H20N2OS2.ClH/c1-16(2,17)11-18-15(19)13-7-3-4-8-14(13)21-10-12-6-5-9-20-12;/h3-9H,10-11,17H2,1-2H3,(H,18,19);1H. The predicted molar refractivity (Wildman–Crippen MR) is 98.2 cm³/mol. The van der Waals surface area contributed by atoms with Crippen molar-refractivity contribution in [2.75, 3.05) is 6.54 Å². The van der Waals surface area contributed by atoms with Crippen LogP contribution in [0.5, 0.6) is 0 Å². The zero-order chi connectivity index (χ0) is 15.3. The van der Waals surface area contributed by atoms with Crippen molar-refractivity contribution in [2.24, 2.45) is 5.73 Å². The van der Waals surface area contributed by atoms with E-state index in [9.17, 15) is 4.79 Å². The number of nitrogens with two attached hydrogens (primary N) is 1.